The van der Waals surface area contributed by atoms with Gasteiger partial charge in [0.05, 0.1) is 33.0 Å². The molecule has 0 radical (unpaired) electrons. The number of aliphatic hydroxyl groups is 2. The fourth-order valence-electron chi connectivity index (χ4n) is 2.55. The summed E-state index contributed by atoms with van der Waals surface area (Å²) in [6.45, 7) is 6.13. The van der Waals surface area contributed by atoms with Gasteiger partial charge in [0.15, 0.2) is 11.5 Å². The summed E-state index contributed by atoms with van der Waals surface area (Å²) in [7, 11) is 3.18. The molecule has 0 heterocycles. The molecule has 0 aliphatic heterocycles. The summed E-state index contributed by atoms with van der Waals surface area (Å²) in [6, 6.07) is 3.70. The molecule has 0 aliphatic rings. The lowest BCUT2D eigenvalue weighted by Crippen LogP contribution is -2.13. The lowest BCUT2D eigenvalue weighted by Gasteiger charge is -2.15. The molecule has 1 aromatic rings. The predicted molar refractivity (Wildman–Crippen MR) is 114 cm³/mol. The van der Waals surface area contributed by atoms with Crippen LogP contribution in [0.5, 0.6) is 17.2 Å². The molecule has 156 valence electrons. The fourth-order valence-corrected chi connectivity index (χ4v) is 2.55. The third kappa shape index (κ3) is 9.11. The maximum absolute atomic E-state index is 9.67. The molecule has 0 atom stereocenters. The topological polar surface area (TPSA) is 68.2 Å². The van der Waals surface area contributed by atoms with Gasteiger partial charge in [-0.05, 0) is 57.7 Å². The summed E-state index contributed by atoms with van der Waals surface area (Å²) in [4.78, 5) is 0. The number of hydrogen-bond acceptors (Lipinski definition) is 5. The van der Waals surface area contributed by atoms with Gasteiger partial charge in [-0.2, -0.15) is 0 Å². The number of unbranched alkanes of at least 4 members (excludes halogenated alkanes) is 1. The number of ether oxygens (including phenoxy) is 3. The van der Waals surface area contributed by atoms with Gasteiger partial charge >= 0.3 is 0 Å². The van der Waals surface area contributed by atoms with Crippen molar-refractivity contribution < 1.29 is 24.4 Å². The van der Waals surface area contributed by atoms with Crippen molar-refractivity contribution in [1.82, 2.24) is 0 Å². The minimum absolute atomic E-state index is 0.0244. The van der Waals surface area contributed by atoms with Crippen LogP contribution in [0.25, 0.3) is 6.08 Å². The second-order valence-electron chi connectivity index (χ2n) is 7.14. The van der Waals surface area contributed by atoms with E-state index in [2.05, 4.69) is 13.0 Å². The number of hydrogen-bond donors (Lipinski definition) is 2. The number of benzene rings is 1. The molecule has 0 aromatic heterocycles. The lowest BCUT2D eigenvalue weighted by molar-refractivity contribution is 0.133. The standard InChI is InChI=1S/C23H34O5/c1-18(11-8-13-23(2,3)25)10-6-7-15-28-22-20(26-4)16-19(12-9-14-24)17-21(22)27-5/h8-10,12-13,16-17,24-25H,6-7,11,14-15H2,1-5H3. The van der Waals surface area contributed by atoms with Gasteiger partial charge in [0.1, 0.15) is 0 Å². The molecular formula is C23H34O5. The van der Waals surface area contributed by atoms with Crippen LogP contribution in [0.3, 0.4) is 0 Å². The van der Waals surface area contributed by atoms with Crippen molar-refractivity contribution in [3.8, 4) is 17.2 Å². The summed E-state index contributed by atoms with van der Waals surface area (Å²) in [5, 5.41) is 18.6. The first-order chi connectivity index (χ1) is 13.3. The van der Waals surface area contributed by atoms with E-state index in [0.717, 1.165) is 24.8 Å². The van der Waals surface area contributed by atoms with Gasteiger partial charge in [0.2, 0.25) is 5.75 Å². The average molecular weight is 391 g/mol. The quantitative estimate of drug-likeness (QED) is 0.405. The Balaban J connectivity index is 2.61. The van der Waals surface area contributed by atoms with Crippen molar-refractivity contribution in [2.45, 2.75) is 45.6 Å². The van der Waals surface area contributed by atoms with Crippen LogP contribution in [0.4, 0.5) is 0 Å². The van der Waals surface area contributed by atoms with Gasteiger partial charge in [-0.25, -0.2) is 0 Å². The molecule has 0 fully saturated rings. The van der Waals surface area contributed by atoms with Crippen LogP contribution in [0.2, 0.25) is 0 Å². The molecule has 2 N–H and O–H groups in total. The second kappa shape index (κ2) is 12.3. The minimum Gasteiger partial charge on any atom is -0.493 e. The van der Waals surface area contributed by atoms with Gasteiger partial charge in [0, 0.05) is 0 Å². The van der Waals surface area contributed by atoms with E-state index >= 15 is 0 Å². The van der Waals surface area contributed by atoms with E-state index < -0.39 is 5.60 Å². The summed E-state index contributed by atoms with van der Waals surface area (Å²) >= 11 is 0. The zero-order chi connectivity index (χ0) is 21.0. The van der Waals surface area contributed by atoms with Crippen molar-refractivity contribution in [2.24, 2.45) is 0 Å². The van der Waals surface area contributed by atoms with Gasteiger partial charge in [-0.3, -0.25) is 0 Å². The summed E-state index contributed by atoms with van der Waals surface area (Å²) < 4.78 is 16.8. The van der Waals surface area contributed by atoms with Crippen molar-refractivity contribution in [2.75, 3.05) is 27.4 Å². The third-order valence-corrected chi connectivity index (χ3v) is 3.95. The van der Waals surface area contributed by atoms with Crippen LogP contribution in [0, 0.1) is 0 Å². The summed E-state index contributed by atoms with van der Waals surface area (Å²) in [5.41, 5.74) is 1.36. The number of rotatable bonds is 12. The molecule has 1 aromatic carbocycles. The molecule has 5 heteroatoms. The first kappa shape index (κ1) is 23.8. The Kier molecular flexibility index (Phi) is 10.4. The zero-order valence-corrected chi connectivity index (χ0v) is 17.7. The first-order valence-corrected chi connectivity index (χ1v) is 9.52. The SMILES string of the molecule is COc1cc(C=CCO)cc(OC)c1OCCCC=C(C)CC=CC(C)(C)O. The Morgan fingerprint density at radius 1 is 1.11 bits per heavy atom. The third-order valence-electron chi connectivity index (χ3n) is 3.95. The van der Waals surface area contributed by atoms with Gasteiger partial charge in [0.25, 0.3) is 0 Å². The molecule has 0 aliphatic carbocycles. The largest absolute Gasteiger partial charge is 0.493 e. The Bertz CT molecular complexity index is 656. The smallest absolute Gasteiger partial charge is 0.203 e. The van der Waals surface area contributed by atoms with E-state index in [4.69, 9.17) is 19.3 Å². The molecule has 0 unspecified atom stereocenters. The van der Waals surface area contributed by atoms with Crippen LogP contribution in [-0.2, 0) is 0 Å². The summed E-state index contributed by atoms with van der Waals surface area (Å²) in [5.74, 6) is 1.78. The molecule has 1 rings (SSSR count). The van der Waals surface area contributed by atoms with Gasteiger partial charge < -0.3 is 24.4 Å². The van der Waals surface area contributed by atoms with E-state index in [1.807, 2.05) is 24.3 Å². The van der Waals surface area contributed by atoms with Crippen molar-refractivity contribution in [3.63, 3.8) is 0 Å². The van der Waals surface area contributed by atoms with Crippen molar-refractivity contribution in [3.05, 3.63) is 47.6 Å². The van der Waals surface area contributed by atoms with E-state index in [1.165, 1.54) is 5.57 Å². The number of aliphatic hydroxyl groups excluding tert-OH is 1. The van der Waals surface area contributed by atoms with E-state index in [1.54, 1.807) is 40.2 Å². The van der Waals surface area contributed by atoms with Crippen molar-refractivity contribution >= 4 is 6.08 Å². The molecule has 5 nitrogen and oxygen atoms in total. The maximum atomic E-state index is 9.67. The van der Waals surface area contributed by atoms with Gasteiger partial charge in [-0.15, -0.1) is 0 Å². The molecular weight excluding hydrogens is 356 g/mol. The predicted octanol–water partition coefficient (Wildman–Crippen LogP) is 4.53. The highest BCUT2D eigenvalue weighted by Gasteiger charge is 2.13. The maximum Gasteiger partial charge on any atom is 0.203 e. The average Bonchev–Trinajstić information content (AvgIpc) is 2.64. The van der Waals surface area contributed by atoms with Crippen molar-refractivity contribution in [1.29, 1.82) is 0 Å². The van der Waals surface area contributed by atoms with E-state index in [9.17, 15) is 5.11 Å². The van der Waals surface area contributed by atoms with Crippen LogP contribution in [-0.4, -0.2) is 43.2 Å². The first-order valence-electron chi connectivity index (χ1n) is 9.52. The summed E-state index contributed by atoms with van der Waals surface area (Å²) in [6.07, 6.45) is 12.0. The second-order valence-corrected chi connectivity index (χ2v) is 7.14. The minimum atomic E-state index is -0.768. The monoisotopic (exact) mass is 390 g/mol. The molecule has 0 spiro atoms. The Labute approximate surface area is 168 Å². The molecule has 28 heavy (non-hydrogen) atoms. The van der Waals surface area contributed by atoms with Gasteiger partial charge in [-0.1, -0.05) is 36.0 Å². The normalized spacial score (nSPS) is 12.8. The van der Waals surface area contributed by atoms with Crippen LogP contribution in [0.15, 0.2) is 42.0 Å². The molecule has 0 saturated heterocycles. The Morgan fingerprint density at radius 3 is 2.29 bits per heavy atom. The van der Waals surface area contributed by atoms with Crippen LogP contribution < -0.4 is 14.2 Å². The molecule has 0 amide bonds. The highest BCUT2D eigenvalue weighted by atomic mass is 16.5. The zero-order valence-electron chi connectivity index (χ0n) is 17.7. The van der Waals surface area contributed by atoms with E-state index in [-0.39, 0.29) is 6.61 Å². The number of methoxy groups -OCH3 is 2. The highest BCUT2D eigenvalue weighted by Crippen LogP contribution is 2.39. The molecule has 0 saturated carbocycles. The Hall–Kier alpha value is -2.24. The Morgan fingerprint density at radius 2 is 1.75 bits per heavy atom. The lowest BCUT2D eigenvalue weighted by atomic mass is 10.1. The highest BCUT2D eigenvalue weighted by molar-refractivity contribution is 5.62. The van der Waals surface area contributed by atoms with Crippen LogP contribution in [0.1, 0.15) is 45.6 Å². The number of allylic oxidation sites excluding steroid dienone is 3. The molecule has 0 bridgehead atoms. The fraction of sp³-hybridized carbons (Fsp3) is 0.478. The van der Waals surface area contributed by atoms with Crippen LogP contribution >= 0.6 is 0 Å². The van der Waals surface area contributed by atoms with E-state index in [0.29, 0.717) is 23.9 Å².